The van der Waals surface area contributed by atoms with Gasteiger partial charge in [-0.3, -0.25) is 4.79 Å². The zero-order valence-electron chi connectivity index (χ0n) is 13.3. The van der Waals surface area contributed by atoms with E-state index in [2.05, 4.69) is 15.4 Å². The normalized spacial score (nSPS) is 10.4. The van der Waals surface area contributed by atoms with Crippen molar-refractivity contribution in [1.82, 2.24) is 20.1 Å². The van der Waals surface area contributed by atoms with Gasteiger partial charge >= 0.3 is 0 Å². The fourth-order valence-corrected chi connectivity index (χ4v) is 2.37. The van der Waals surface area contributed by atoms with Crippen LogP contribution in [-0.2, 0) is 13.1 Å². The van der Waals surface area contributed by atoms with Crippen LogP contribution in [0.4, 0.5) is 0 Å². The molecule has 24 heavy (non-hydrogen) atoms. The molecule has 0 unspecified atom stereocenters. The molecule has 0 aliphatic rings. The Labute approximate surface area is 140 Å². The average Bonchev–Trinajstić information content (AvgIpc) is 3.14. The summed E-state index contributed by atoms with van der Waals surface area (Å²) in [6, 6.07) is 15.2. The van der Waals surface area contributed by atoms with Gasteiger partial charge in [-0.05, 0) is 23.3 Å². The highest BCUT2D eigenvalue weighted by Crippen LogP contribution is 2.17. The number of carbonyl (C=O) groups excluding carboxylic acids is 1. The number of methoxy groups -OCH3 is 1. The molecule has 6 heteroatoms. The highest BCUT2D eigenvalue weighted by Gasteiger charge is 2.10. The van der Waals surface area contributed by atoms with Gasteiger partial charge in [0.25, 0.3) is 5.91 Å². The zero-order chi connectivity index (χ0) is 16.8. The number of hydrogen-bond acceptors (Lipinski definition) is 4. The molecule has 0 saturated carbocycles. The Morgan fingerprint density at radius 3 is 2.58 bits per heavy atom. The molecule has 1 aromatic heterocycles. The monoisotopic (exact) mass is 322 g/mol. The van der Waals surface area contributed by atoms with Crippen LogP contribution in [0.1, 0.15) is 21.5 Å². The van der Waals surface area contributed by atoms with E-state index in [4.69, 9.17) is 4.74 Å². The lowest BCUT2D eigenvalue weighted by Crippen LogP contribution is -2.23. The zero-order valence-corrected chi connectivity index (χ0v) is 13.3. The maximum Gasteiger partial charge on any atom is 0.255 e. The van der Waals surface area contributed by atoms with Gasteiger partial charge in [-0.25, -0.2) is 9.67 Å². The Hall–Kier alpha value is -3.15. The van der Waals surface area contributed by atoms with E-state index in [0.29, 0.717) is 24.4 Å². The van der Waals surface area contributed by atoms with Crippen molar-refractivity contribution in [2.45, 2.75) is 13.1 Å². The third kappa shape index (κ3) is 3.78. The Balaban J connectivity index is 1.59. The summed E-state index contributed by atoms with van der Waals surface area (Å²) in [6.45, 7) is 1.13. The summed E-state index contributed by atoms with van der Waals surface area (Å²) < 4.78 is 6.97. The molecule has 6 nitrogen and oxygen atoms in total. The standard InChI is InChI=1S/C18H18N4O2/c1-24-17-5-3-2-4-16(17)18(23)20-10-14-6-8-15(9-7-14)11-22-13-19-12-21-22/h2-9,12-13H,10-11H2,1H3,(H,20,23). The molecular formula is C18H18N4O2. The van der Waals surface area contributed by atoms with E-state index >= 15 is 0 Å². The molecule has 1 heterocycles. The minimum atomic E-state index is -0.154. The second-order valence-electron chi connectivity index (χ2n) is 5.29. The molecule has 3 rings (SSSR count). The maximum atomic E-state index is 12.3. The van der Waals surface area contributed by atoms with E-state index in [1.54, 1.807) is 30.3 Å². The summed E-state index contributed by atoms with van der Waals surface area (Å²) >= 11 is 0. The molecule has 3 aromatic rings. The number of hydrogen-bond donors (Lipinski definition) is 1. The van der Waals surface area contributed by atoms with E-state index < -0.39 is 0 Å². The average molecular weight is 322 g/mol. The van der Waals surface area contributed by atoms with Crippen LogP contribution in [0.2, 0.25) is 0 Å². The molecule has 0 spiro atoms. The summed E-state index contributed by atoms with van der Waals surface area (Å²) in [5, 5.41) is 6.99. The van der Waals surface area contributed by atoms with Crippen LogP contribution in [0.15, 0.2) is 61.2 Å². The van der Waals surface area contributed by atoms with Crippen molar-refractivity contribution in [3.05, 3.63) is 77.9 Å². The first-order chi connectivity index (χ1) is 11.8. The van der Waals surface area contributed by atoms with E-state index in [9.17, 15) is 4.79 Å². The minimum Gasteiger partial charge on any atom is -0.496 e. The first-order valence-corrected chi connectivity index (χ1v) is 7.57. The van der Waals surface area contributed by atoms with Crippen LogP contribution in [0.3, 0.4) is 0 Å². The fourth-order valence-electron chi connectivity index (χ4n) is 2.37. The van der Waals surface area contributed by atoms with Crippen LogP contribution >= 0.6 is 0 Å². The molecule has 0 aliphatic heterocycles. The molecule has 0 atom stereocenters. The molecule has 0 radical (unpaired) electrons. The van der Waals surface area contributed by atoms with Gasteiger partial charge in [-0.2, -0.15) is 5.10 Å². The van der Waals surface area contributed by atoms with Crippen molar-refractivity contribution in [3.63, 3.8) is 0 Å². The van der Waals surface area contributed by atoms with Gasteiger partial charge in [-0.1, -0.05) is 36.4 Å². The summed E-state index contributed by atoms with van der Waals surface area (Å²) in [5.74, 6) is 0.414. The molecule has 2 aromatic carbocycles. The van der Waals surface area contributed by atoms with Crippen molar-refractivity contribution in [2.24, 2.45) is 0 Å². The first kappa shape index (κ1) is 15.7. The molecule has 1 N–H and O–H groups in total. The predicted molar refractivity (Wildman–Crippen MR) is 89.7 cm³/mol. The summed E-state index contributed by atoms with van der Waals surface area (Å²) in [7, 11) is 1.56. The SMILES string of the molecule is COc1ccccc1C(=O)NCc1ccc(Cn2cncn2)cc1. The van der Waals surface area contributed by atoms with Gasteiger partial charge < -0.3 is 10.1 Å². The molecule has 0 bridgehead atoms. The molecule has 0 saturated heterocycles. The lowest BCUT2D eigenvalue weighted by Gasteiger charge is -2.09. The van der Waals surface area contributed by atoms with Crippen molar-refractivity contribution in [2.75, 3.05) is 7.11 Å². The van der Waals surface area contributed by atoms with Gasteiger partial charge in [-0.15, -0.1) is 0 Å². The number of benzene rings is 2. The number of carbonyl (C=O) groups is 1. The Bertz CT molecular complexity index is 798. The number of aromatic nitrogens is 3. The second-order valence-corrected chi connectivity index (χ2v) is 5.29. The largest absolute Gasteiger partial charge is 0.496 e. The number of para-hydroxylation sites is 1. The lowest BCUT2D eigenvalue weighted by molar-refractivity contribution is 0.0948. The third-order valence-corrected chi connectivity index (χ3v) is 3.64. The highest BCUT2D eigenvalue weighted by atomic mass is 16.5. The Kier molecular flexibility index (Phi) is 4.86. The van der Waals surface area contributed by atoms with Crippen LogP contribution in [0, 0.1) is 0 Å². The topological polar surface area (TPSA) is 69.0 Å². The molecule has 122 valence electrons. The number of ether oxygens (including phenoxy) is 1. The van der Waals surface area contributed by atoms with Gasteiger partial charge in [0.15, 0.2) is 0 Å². The predicted octanol–water partition coefficient (Wildman–Crippen LogP) is 2.26. The van der Waals surface area contributed by atoms with Crippen LogP contribution < -0.4 is 10.1 Å². The Morgan fingerprint density at radius 2 is 1.88 bits per heavy atom. The summed E-state index contributed by atoms with van der Waals surface area (Å²) in [5.41, 5.74) is 2.68. The lowest BCUT2D eigenvalue weighted by atomic mass is 10.1. The number of nitrogens with one attached hydrogen (secondary N) is 1. The minimum absolute atomic E-state index is 0.154. The second kappa shape index (κ2) is 7.41. The number of rotatable bonds is 6. The van der Waals surface area contributed by atoms with Crippen molar-refractivity contribution in [3.8, 4) is 5.75 Å². The van der Waals surface area contributed by atoms with Crippen molar-refractivity contribution >= 4 is 5.91 Å². The fraction of sp³-hybridized carbons (Fsp3) is 0.167. The molecule has 0 aliphatic carbocycles. The number of amides is 1. The van der Waals surface area contributed by atoms with Gasteiger partial charge in [0, 0.05) is 6.54 Å². The van der Waals surface area contributed by atoms with Gasteiger partial charge in [0.2, 0.25) is 0 Å². The first-order valence-electron chi connectivity index (χ1n) is 7.57. The van der Waals surface area contributed by atoms with E-state index in [1.165, 1.54) is 6.33 Å². The van der Waals surface area contributed by atoms with Crippen LogP contribution in [0.25, 0.3) is 0 Å². The van der Waals surface area contributed by atoms with Crippen LogP contribution in [-0.4, -0.2) is 27.8 Å². The van der Waals surface area contributed by atoms with Crippen molar-refractivity contribution < 1.29 is 9.53 Å². The van der Waals surface area contributed by atoms with Gasteiger partial charge in [0.1, 0.15) is 18.4 Å². The van der Waals surface area contributed by atoms with Crippen molar-refractivity contribution in [1.29, 1.82) is 0 Å². The smallest absolute Gasteiger partial charge is 0.255 e. The third-order valence-electron chi connectivity index (χ3n) is 3.64. The summed E-state index contributed by atoms with van der Waals surface area (Å²) in [4.78, 5) is 16.2. The maximum absolute atomic E-state index is 12.3. The van der Waals surface area contributed by atoms with E-state index in [1.807, 2.05) is 36.4 Å². The summed E-state index contributed by atoms with van der Waals surface area (Å²) in [6.07, 6.45) is 3.20. The van der Waals surface area contributed by atoms with E-state index in [-0.39, 0.29) is 5.91 Å². The Morgan fingerprint density at radius 1 is 1.12 bits per heavy atom. The molecule has 0 fully saturated rings. The van der Waals surface area contributed by atoms with Crippen LogP contribution in [0.5, 0.6) is 5.75 Å². The van der Waals surface area contributed by atoms with E-state index in [0.717, 1.165) is 11.1 Å². The quantitative estimate of drug-likeness (QED) is 0.756. The molecular weight excluding hydrogens is 304 g/mol. The van der Waals surface area contributed by atoms with Gasteiger partial charge in [0.05, 0.1) is 19.2 Å². The molecule has 1 amide bonds. The number of nitrogens with zero attached hydrogens (tertiary/aromatic N) is 3. The highest BCUT2D eigenvalue weighted by molar-refractivity contribution is 5.96.